The molecule has 0 N–H and O–H groups in total. The van der Waals surface area contributed by atoms with E-state index >= 15 is 0 Å². The van der Waals surface area contributed by atoms with Crippen molar-refractivity contribution >= 4 is 17.9 Å². The zero-order valence-electron chi connectivity index (χ0n) is 23.8. The Bertz CT molecular complexity index is 1420. The molecule has 2 heterocycles. The fourth-order valence-corrected chi connectivity index (χ4v) is 4.48. The summed E-state index contributed by atoms with van der Waals surface area (Å²) in [5, 5.41) is 0. The molecule has 210 valence electrons. The lowest BCUT2D eigenvalue weighted by molar-refractivity contribution is -0.143. The van der Waals surface area contributed by atoms with Crippen LogP contribution in [0.2, 0.25) is 0 Å². The van der Waals surface area contributed by atoms with Crippen LogP contribution in [-0.2, 0) is 27.3 Å². The molecule has 0 bridgehead atoms. The maximum atomic E-state index is 13.9. The lowest BCUT2D eigenvalue weighted by Crippen LogP contribution is -2.51. The number of methoxy groups -OCH3 is 1. The van der Waals surface area contributed by atoms with Gasteiger partial charge in [0.2, 0.25) is 11.8 Å². The van der Waals surface area contributed by atoms with Gasteiger partial charge in [-0.15, -0.1) is 0 Å². The zero-order valence-corrected chi connectivity index (χ0v) is 23.8. The molecule has 2 amide bonds. The van der Waals surface area contributed by atoms with Crippen LogP contribution < -0.4 is 0 Å². The second-order valence-electron chi connectivity index (χ2n) is 9.95. The Kier molecular flexibility index (Phi) is 10.5. The van der Waals surface area contributed by atoms with Crippen molar-refractivity contribution in [3.63, 3.8) is 0 Å². The van der Waals surface area contributed by atoms with Crippen molar-refractivity contribution < 1.29 is 14.3 Å². The molecule has 0 aliphatic heterocycles. The number of carbonyl (C=O) groups excluding carboxylic acids is 2. The van der Waals surface area contributed by atoms with E-state index in [1.54, 1.807) is 48.6 Å². The third-order valence-corrected chi connectivity index (χ3v) is 6.87. The maximum absolute atomic E-state index is 13.9. The van der Waals surface area contributed by atoms with Crippen molar-refractivity contribution in [2.45, 2.75) is 25.9 Å². The Morgan fingerprint density at radius 1 is 0.902 bits per heavy atom. The molecular formula is C34H36N4O3. The van der Waals surface area contributed by atoms with Gasteiger partial charge in [0.05, 0.1) is 12.3 Å². The van der Waals surface area contributed by atoms with Crippen LogP contribution in [0.15, 0.2) is 104 Å². The van der Waals surface area contributed by atoms with Gasteiger partial charge in [0.1, 0.15) is 6.04 Å². The van der Waals surface area contributed by atoms with E-state index in [1.165, 1.54) is 6.08 Å². The number of aryl methyl sites for hydroxylation is 1. The summed E-state index contributed by atoms with van der Waals surface area (Å²) in [5.74, 6) is -0.408. The Morgan fingerprint density at radius 2 is 1.61 bits per heavy atom. The lowest BCUT2D eigenvalue weighted by atomic mass is 10.0. The Balaban J connectivity index is 1.68. The van der Waals surface area contributed by atoms with Gasteiger partial charge in [0.25, 0.3) is 0 Å². The van der Waals surface area contributed by atoms with E-state index < -0.39 is 6.04 Å². The molecular weight excluding hydrogens is 512 g/mol. The van der Waals surface area contributed by atoms with Crippen LogP contribution in [0.4, 0.5) is 0 Å². The molecule has 0 fully saturated rings. The van der Waals surface area contributed by atoms with Gasteiger partial charge in [-0.3, -0.25) is 19.6 Å². The first kappa shape index (κ1) is 29.4. The lowest BCUT2D eigenvalue weighted by Gasteiger charge is -2.33. The van der Waals surface area contributed by atoms with E-state index in [0.717, 1.165) is 27.8 Å². The highest BCUT2D eigenvalue weighted by Crippen LogP contribution is 2.21. The van der Waals surface area contributed by atoms with Gasteiger partial charge in [-0.05, 0) is 59.0 Å². The molecule has 2 aromatic carbocycles. The molecule has 4 rings (SSSR count). The van der Waals surface area contributed by atoms with Crippen molar-refractivity contribution in [3.8, 4) is 11.1 Å². The topological polar surface area (TPSA) is 75.6 Å². The second kappa shape index (κ2) is 14.7. The number of ether oxygens (including phenoxy) is 1. The van der Waals surface area contributed by atoms with Crippen LogP contribution >= 0.6 is 0 Å². The number of carbonyl (C=O) groups is 2. The number of rotatable bonds is 12. The van der Waals surface area contributed by atoms with Crippen molar-refractivity contribution in [1.82, 2.24) is 19.8 Å². The van der Waals surface area contributed by atoms with Crippen molar-refractivity contribution in [3.05, 3.63) is 126 Å². The standard InChI is InChI=1S/C34H36N4O3/c1-26-9-14-31(36-24-26)15-16-33(39)38(25-28-10-12-29(13-11-28)30-17-19-35-20-18-30)32(23-27-7-5-4-6-8-27)34(40)37(2)21-22-41-3/h4-20,24,32H,21-23,25H2,1-3H3. The minimum absolute atomic E-state index is 0.144. The van der Waals surface area contributed by atoms with Crippen molar-refractivity contribution in [2.75, 3.05) is 27.3 Å². The monoisotopic (exact) mass is 548 g/mol. The van der Waals surface area contributed by atoms with Gasteiger partial charge < -0.3 is 14.5 Å². The van der Waals surface area contributed by atoms with Crippen LogP contribution in [0.1, 0.15) is 22.4 Å². The van der Waals surface area contributed by atoms with Gasteiger partial charge in [0.15, 0.2) is 0 Å². The first-order valence-corrected chi connectivity index (χ1v) is 13.6. The van der Waals surface area contributed by atoms with Crippen molar-refractivity contribution in [1.29, 1.82) is 0 Å². The van der Waals surface area contributed by atoms with Crippen molar-refractivity contribution in [2.24, 2.45) is 0 Å². The Labute approximate surface area is 242 Å². The number of likely N-dealkylation sites (N-methyl/N-ethyl adjacent to an activating group) is 1. The summed E-state index contributed by atoms with van der Waals surface area (Å²) in [6, 6.07) is 24.8. The second-order valence-corrected chi connectivity index (χ2v) is 9.95. The Hall–Kier alpha value is -4.62. The van der Waals surface area contributed by atoms with Crippen LogP contribution in [0.3, 0.4) is 0 Å². The molecule has 0 saturated carbocycles. The van der Waals surface area contributed by atoms with Crippen LogP contribution in [0.25, 0.3) is 17.2 Å². The molecule has 0 radical (unpaired) electrons. The first-order valence-electron chi connectivity index (χ1n) is 13.6. The molecule has 7 nitrogen and oxygen atoms in total. The minimum Gasteiger partial charge on any atom is -0.383 e. The molecule has 1 unspecified atom stereocenters. The van der Waals surface area contributed by atoms with Gasteiger partial charge in [-0.1, -0.05) is 60.7 Å². The van der Waals surface area contributed by atoms with Gasteiger partial charge >= 0.3 is 0 Å². The summed E-state index contributed by atoms with van der Waals surface area (Å²) in [6.45, 7) is 3.06. The number of aromatic nitrogens is 2. The third kappa shape index (κ3) is 8.43. The summed E-state index contributed by atoms with van der Waals surface area (Å²) >= 11 is 0. The number of amides is 2. The molecule has 0 spiro atoms. The summed E-state index contributed by atoms with van der Waals surface area (Å²) < 4.78 is 5.21. The fourth-order valence-electron chi connectivity index (χ4n) is 4.48. The van der Waals surface area contributed by atoms with Gasteiger partial charge in [0, 0.05) is 58.3 Å². The first-order chi connectivity index (χ1) is 19.9. The largest absolute Gasteiger partial charge is 0.383 e. The average Bonchev–Trinajstić information content (AvgIpc) is 3.02. The van der Waals surface area contributed by atoms with Crippen LogP contribution in [-0.4, -0.2) is 64.9 Å². The summed E-state index contributed by atoms with van der Waals surface area (Å²) in [7, 11) is 3.35. The maximum Gasteiger partial charge on any atom is 0.247 e. The average molecular weight is 549 g/mol. The van der Waals surface area contributed by atoms with E-state index in [2.05, 4.69) is 9.97 Å². The number of hydrogen-bond acceptors (Lipinski definition) is 5. The molecule has 0 aliphatic rings. The van der Waals surface area contributed by atoms with E-state index in [9.17, 15) is 9.59 Å². The summed E-state index contributed by atoms with van der Waals surface area (Å²) in [6.07, 6.45) is 8.87. The van der Waals surface area contributed by atoms with E-state index in [0.29, 0.717) is 25.3 Å². The predicted octanol–water partition coefficient (Wildman–Crippen LogP) is 5.21. The molecule has 0 aliphatic carbocycles. The molecule has 4 aromatic rings. The molecule has 7 heteroatoms. The summed E-state index contributed by atoms with van der Waals surface area (Å²) in [5.41, 5.74) is 5.72. The van der Waals surface area contributed by atoms with E-state index in [1.807, 2.05) is 85.8 Å². The SMILES string of the molecule is COCCN(C)C(=O)C(Cc1ccccc1)N(Cc1ccc(-c2ccncc2)cc1)C(=O)C=Cc1ccc(C)cn1. The predicted molar refractivity (Wildman–Crippen MR) is 162 cm³/mol. The minimum atomic E-state index is -0.720. The molecule has 41 heavy (non-hydrogen) atoms. The highest BCUT2D eigenvalue weighted by atomic mass is 16.5. The summed E-state index contributed by atoms with van der Waals surface area (Å²) in [4.78, 5) is 39.5. The molecule has 0 saturated heterocycles. The highest BCUT2D eigenvalue weighted by molar-refractivity contribution is 5.95. The highest BCUT2D eigenvalue weighted by Gasteiger charge is 2.31. The van der Waals surface area contributed by atoms with Gasteiger partial charge in [-0.25, -0.2) is 0 Å². The number of benzene rings is 2. The normalized spacial score (nSPS) is 11.8. The van der Waals surface area contributed by atoms with E-state index in [4.69, 9.17) is 4.74 Å². The third-order valence-electron chi connectivity index (χ3n) is 6.87. The fraction of sp³-hybridized carbons (Fsp3) is 0.235. The van der Waals surface area contributed by atoms with E-state index in [-0.39, 0.29) is 18.4 Å². The quantitative estimate of drug-likeness (QED) is 0.227. The molecule has 2 aromatic heterocycles. The number of hydrogen-bond donors (Lipinski definition) is 0. The molecule has 1 atom stereocenters. The number of pyridine rings is 2. The Morgan fingerprint density at radius 3 is 2.27 bits per heavy atom. The van der Waals surface area contributed by atoms with Crippen LogP contribution in [0.5, 0.6) is 0 Å². The smallest absolute Gasteiger partial charge is 0.247 e. The number of nitrogens with zero attached hydrogens (tertiary/aromatic N) is 4. The zero-order chi connectivity index (χ0) is 29.0. The van der Waals surface area contributed by atoms with Crippen LogP contribution in [0, 0.1) is 6.92 Å². The van der Waals surface area contributed by atoms with Gasteiger partial charge in [-0.2, -0.15) is 0 Å².